The van der Waals surface area contributed by atoms with Gasteiger partial charge in [-0.15, -0.1) is 0 Å². The Kier molecular flexibility index (Phi) is 8.99. The number of hydrogen-bond donors (Lipinski definition) is 2. The fourth-order valence-electron chi connectivity index (χ4n) is 5.22. The summed E-state index contributed by atoms with van der Waals surface area (Å²) in [5.74, 6) is 7.33. The number of aliphatic hydroxyl groups excluding tert-OH is 1. The number of pyridine rings is 1. The van der Waals surface area contributed by atoms with Crippen molar-refractivity contribution in [2.45, 2.75) is 31.8 Å². The quantitative estimate of drug-likeness (QED) is 0.415. The standard InChI is InChI=1S/C30H34N2O5/c1-36-24-10-11-27-26(19-24)25(13-15-31-27)28(33)12-9-21-14-17-32(20-23(21)18-30(34)35)16-5-7-22-6-3-4-8-29(22)37-2/h3-4,6,8,10-11,13,15,19,21,23,28,33H,9,12,14,16-18,20H2,1-2H3,(H,34,35)/t21-,23+,28?/m1/s1. The number of aliphatic carboxylic acids is 1. The minimum Gasteiger partial charge on any atom is -0.497 e. The van der Waals surface area contributed by atoms with Crippen molar-refractivity contribution in [3.8, 4) is 23.3 Å². The molecule has 1 saturated heterocycles. The van der Waals surface area contributed by atoms with Crippen molar-refractivity contribution in [2.75, 3.05) is 33.9 Å². The predicted molar refractivity (Wildman–Crippen MR) is 143 cm³/mol. The Morgan fingerprint density at radius 1 is 1.16 bits per heavy atom. The summed E-state index contributed by atoms with van der Waals surface area (Å²) in [5.41, 5.74) is 2.48. The molecule has 0 bridgehead atoms. The number of nitrogens with zero attached hydrogens (tertiary/aromatic N) is 2. The number of piperidine rings is 1. The largest absolute Gasteiger partial charge is 0.497 e. The molecule has 7 heteroatoms. The Morgan fingerprint density at radius 3 is 2.78 bits per heavy atom. The first-order chi connectivity index (χ1) is 18.0. The van der Waals surface area contributed by atoms with E-state index in [1.165, 1.54) is 0 Å². The van der Waals surface area contributed by atoms with E-state index >= 15 is 0 Å². The van der Waals surface area contributed by atoms with Crippen LogP contribution in [0.25, 0.3) is 10.9 Å². The van der Waals surface area contributed by atoms with E-state index in [1.54, 1.807) is 20.4 Å². The molecule has 37 heavy (non-hydrogen) atoms. The minimum absolute atomic E-state index is 0.0146. The van der Waals surface area contributed by atoms with Crippen LogP contribution < -0.4 is 9.47 Å². The topological polar surface area (TPSA) is 92.1 Å². The highest BCUT2D eigenvalue weighted by atomic mass is 16.5. The lowest BCUT2D eigenvalue weighted by molar-refractivity contribution is -0.139. The second kappa shape index (κ2) is 12.6. The van der Waals surface area contributed by atoms with Crippen molar-refractivity contribution in [3.05, 3.63) is 65.9 Å². The van der Waals surface area contributed by atoms with Crippen LogP contribution in [0.2, 0.25) is 0 Å². The van der Waals surface area contributed by atoms with E-state index in [9.17, 15) is 15.0 Å². The van der Waals surface area contributed by atoms with Crippen LogP contribution in [0.5, 0.6) is 11.5 Å². The van der Waals surface area contributed by atoms with Gasteiger partial charge in [0.05, 0.1) is 37.9 Å². The number of para-hydroxylation sites is 1. The number of methoxy groups -OCH3 is 2. The van der Waals surface area contributed by atoms with Crippen molar-refractivity contribution >= 4 is 16.9 Å². The number of carboxylic acids is 1. The number of likely N-dealkylation sites (tertiary alicyclic amines) is 1. The van der Waals surface area contributed by atoms with E-state index in [1.807, 2.05) is 48.5 Å². The van der Waals surface area contributed by atoms with Crippen LogP contribution in [-0.4, -0.2) is 59.9 Å². The maximum atomic E-state index is 11.6. The van der Waals surface area contributed by atoms with Gasteiger partial charge in [0.25, 0.3) is 0 Å². The SMILES string of the molecule is COc1ccc2nccc(C(O)CC[C@@H]3CCN(CC#Cc4ccccc4OC)C[C@@H]3CC(=O)O)c2c1. The number of benzene rings is 2. The lowest BCUT2D eigenvalue weighted by atomic mass is 9.79. The molecule has 194 valence electrons. The van der Waals surface area contributed by atoms with Crippen LogP contribution in [0, 0.1) is 23.7 Å². The molecule has 0 spiro atoms. The fourth-order valence-corrected chi connectivity index (χ4v) is 5.22. The fraction of sp³-hybridized carbons (Fsp3) is 0.400. The van der Waals surface area contributed by atoms with Gasteiger partial charge in [0.1, 0.15) is 11.5 Å². The Morgan fingerprint density at radius 2 is 2.00 bits per heavy atom. The summed E-state index contributed by atoms with van der Waals surface area (Å²) in [4.78, 5) is 18.3. The number of hydrogen-bond acceptors (Lipinski definition) is 6. The zero-order chi connectivity index (χ0) is 26.2. The van der Waals surface area contributed by atoms with Gasteiger partial charge in [0, 0.05) is 24.5 Å². The second-order valence-corrected chi connectivity index (χ2v) is 9.52. The van der Waals surface area contributed by atoms with Crippen LogP contribution in [0.1, 0.15) is 42.9 Å². The maximum Gasteiger partial charge on any atom is 0.303 e. The third kappa shape index (κ3) is 6.79. The summed E-state index contributed by atoms with van der Waals surface area (Å²) in [7, 11) is 3.25. The Hall–Kier alpha value is -3.60. The summed E-state index contributed by atoms with van der Waals surface area (Å²) in [5, 5.41) is 21.5. The van der Waals surface area contributed by atoms with Crippen molar-refractivity contribution in [2.24, 2.45) is 11.8 Å². The molecule has 2 heterocycles. The van der Waals surface area contributed by atoms with Crippen molar-refractivity contribution in [1.29, 1.82) is 0 Å². The smallest absolute Gasteiger partial charge is 0.303 e. The van der Waals surface area contributed by atoms with Crippen LogP contribution in [-0.2, 0) is 4.79 Å². The summed E-state index contributed by atoms with van der Waals surface area (Å²) in [6.45, 7) is 2.12. The van der Waals surface area contributed by atoms with Crippen molar-refractivity contribution < 1.29 is 24.5 Å². The molecule has 2 aromatic carbocycles. The van der Waals surface area contributed by atoms with Gasteiger partial charge >= 0.3 is 5.97 Å². The molecule has 0 aliphatic carbocycles. The number of aromatic nitrogens is 1. The normalized spacial score (nSPS) is 18.6. The molecule has 1 aliphatic heterocycles. The van der Waals surface area contributed by atoms with E-state index in [-0.39, 0.29) is 18.3 Å². The minimum atomic E-state index is -0.787. The third-order valence-electron chi connectivity index (χ3n) is 7.20. The van der Waals surface area contributed by atoms with Gasteiger partial charge in [-0.25, -0.2) is 0 Å². The molecule has 7 nitrogen and oxygen atoms in total. The van der Waals surface area contributed by atoms with Crippen LogP contribution >= 0.6 is 0 Å². The average Bonchev–Trinajstić information content (AvgIpc) is 2.91. The highest BCUT2D eigenvalue weighted by Crippen LogP contribution is 2.34. The van der Waals surface area contributed by atoms with Gasteiger partial charge in [-0.1, -0.05) is 24.0 Å². The molecule has 1 aliphatic rings. The van der Waals surface area contributed by atoms with Crippen molar-refractivity contribution in [1.82, 2.24) is 9.88 Å². The zero-order valence-electron chi connectivity index (χ0n) is 21.4. The van der Waals surface area contributed by atoms with E-state index in [0.717, 1.165) is 52.9 Å². The van der Waals surface area contributed by atoms with Gasteiger partial charge in [-0.05, 0) is 79.6 Å². The molecule has 1 unspecified atom stereocenters. The Balaban J connectivity index is 1.39. The predicted octanol–water partition coefficient (Wildman–Crippen LogP) is 4.53. The molecule has 1 fully saturated rings. The average molecular weight is 503 g/mol. The summed E-state index contributed by atoms with van der Waals surface area (Å²) < 4.78 is 10.7. The Bertz CT molecular complexity index is 1280. The molecule has 1 aromatic heterocycles. The number of fused-ring (bicyclic) bond motifs is 1. The molecule has 4 rings (SSSR count). The highest BCUT2D eigenvalue weighted by molar-refractivity contribution is 5.83. The lowest BCUT2D eigenvalue weighted by Gasteiger charge is -2.37. The summed E-state index contributed by atoms with van der Waals surface area (Å²) in [6, 6.07) is 15.2. The van der Waals surface area contributed by atoms with E-state index in [4.69, 9.17) is 9.47 Å². The summed E-state index contributed by atoms with van der Waals surface area (Å²) in [6.07, 6.45) is 3.37. The van der Waals surface area contributed by atoms with Gasteiger partial charge in [-0.2, -0.15) is 0 Å². The molecule has 0 radical (unpaired) electrons. The molecule has 3 aromatic rings. The lowest BCUT2D eigenvalue weighted by Crippen LogP contribution is -2.41. The highest BCUT2D eigenvalue weighted by Gasteiger charge is 2.31. The number of rotatable bonds is 9. The summed E-state index contributed by atoms with van der Waals surface area (Å²) >= 11 is 0. The van der Waals surface area contributed by atoms with Crippen LogP contribution in [0.4, 0.5) is 0 Å². The monoisotopic (exact) mass is 502 g/mol. The van der Waals surface area contributed by atoms with Gasteiger partial charge in [0.2, 0.25) is 0 Å². The first kappa shape index (κ1) is 26.5. The first-order valence-electron chi connectivity index (χ1n) is 12.6. The molecule has 0 saturated carbocycles. The number of ether oxygens (including phenoxy) is 2. The molecule has 2 N–H and O–H groups in total. The Labute approximate surface area is 218 Å². The van der Waals surface area contributed by atoms with Gasteiger partial charge in [-0.3, -0.25) is 14.7 Å². The van der Waals surface area contributed by atoms with Crippen molar-refractivity contribution in [3.63, 3.8) is 0 Å². The molecule has 0 amide bonds. The third-order valence-corrected chi connectivity index (χ3v) is 7.20. The zero-order valence-corrected chi connectivity index (χ0v) is 21.4. The maximum absolute atomic E-state index is 11.6. The molecule has 3 atom stereocenters. The van der Waals surface area contributed by atoms with E-state index in [2.05, 4.69) is 21.7 Å². The number of carboxylic acid groups (broad SMARTS) is 1. The second-order valence-electron chi connectivity index (χ2n) is 9.52. The van der Waals surface area contributed by atoms with E-state index in [0.29, 0.717) is 19.5 Å². The van der Waals surface area contributed by atoms with Crippen LogP contribution in [0.15, 0.2) is 54.7 Å². The van der Waals surface area contributed by atoms with Gasteiger partial charge < -0.3 is 19.7 Å². The molecular formula is C30H34N2O5. The number of carbonyl (C=O) groups is 1. The van der Waals surface area contributed by atoms with Gasteiger partial charge in [0.15, 0.2) is 0 Å². The number of aliphatic hydroxyl groups is 1. The first-order valence-corrected chi connectivity index (χ1v) is 12.6. The van der Waals surface area contributed by atoms with Crippen LogP contribution in [0.3, 0.4) is 0 Å². The molecular weight excluding hydrogens is 468 g/mol. The van der Waals surface area contributed by atoms with E-state index < -0.39 is 12.1 Å².